The normalized spacial score (nSPS) is 17.7. The van der Waals surface area contributed by atoms with Crippen LogP contribution >= 0.6 is 0 Å². The highest BCUT2D eigenvalue weighted by Gasteiger charge is 2.38. The van der Waals surface area contributed by atoms with Crippen LogP contribution < -0.4 is 5.56 Å². The van der Waals surface area contributed by atoms with E-state index in [0.29, 0.717) is 30.0 Å². The quantitative estimate of drug-likeness (QED) is 0.677. The molecule has 10 heteroatoms. The fraction of sp³-hybridized carbons (Fsp3) is 0.368. The smallest absolute Gasteiger partial charge is 0.266 e. The Bertz CT molecular complexity index is 1170. The summed E-state index contributed by atoms with van der Waals surface area (Å²) in [4.78, 5) is 16.6. The third-order valence-electron chi connectivity index (χ3n) is 5.18. The van der Waals surface area contributed by atoms with Crippen LogP contribution in [0.5, 0.6) is 0 Å². The van der Waals surface area contributed by atoms with Crippen LogP contribution in [-0.2, 0) is 16.6 Å². The predicted molar refractivity (Wildman–Crippen MR) is 107 cm³/mol. The SMILES string of the molecule is Cc1n[nH]c(C)c1S(=O)(=O)N1CCCC1Cn1nc(-c2ccncc2)ccc1=O. The topological polar surface area (TPSA) is 114 Å². The number of nitrogens with one attached hydrogen (secondary N) is 1. The summed E-state index contributed by atoms with van der Waals surface area (Å²) in [6.45, 7) is 3.98. The van der Waals surface area contributed by atoms with Gasteiger partial charge in [-0.2, -0.15) is 14.5 Å². The van der Waals surface area contributed by atoms with E-state index in [1.165, 1.54) is 15.1 Å². The fourth-order valence-corrected chi connectivity index (χ4v) is 5.82. The van der Waals surface area contributed by atoms with E-state index in [2.05, 4.69) is 20.3 Å². The Morgan fingerprint density at radius 3 is 2.62 bits per heavy atom. The van der Waals surface area contributed by atoms with E-state index in [1.54, 1.807) is 32.3 Å². The molecule has 0 aromatic carbocycles. The number of nitrogens with zero attached hydrogens (tertiary/aromatic N) is 5. The number of hydrogen-bond donors (Lipinski definition) is 1. The second kappa shape index (κ2) is 7.53. The summed E-state index contributed by atoms with van der Waals surface area (Å²) in [7, 11) is -3.71. The van der Waals surface area contributed by atoms with Crippen molar-refractivity contribution in [2.45, 2.75) is 44.2 Å². The number of H-pyrrole nitrogens is 1. The molecule has 9 nitrogen and oxygen atoms in total. The first kappa shape index (κ1) is 19.5. The summed E-state index contributed by atoms with van der Waals surface area (Å²) in [5.41, 5.74) is 2.18. The molecule has 1 aliphatic heterocycles. The summed E-state index contributed by atoms with van der Waals surface area (Å²) in [5, 5.41) is 11.2. The monoisotopic (exact) mass is 414 g/mol. The van der Waals surface area contributed by atoms with Gasteiger partial charge in [0.25, 0.3) is 5.56 Å². The third-order valence-corrected chi connectivity index (χ3v) is 7.39. The Hall–Kier alpha value is -2.85. The maximum atomic E-state index is 13.3. The molecule has 4 heterocycles. The van der Waals surface area contributed by atoms with Crippen LogP contribution in [0.25, 0.3) is 11.3 Å². The van der Waals surface area contributed by atoms with E-state index in [0.717, 1.165) is 12.0 Å². The average molecular weight is 414 g/mol. The zero-order valence-corrected chi connectivity index (χ0v) is 17.1. The van der Waals surface area contributed by atoms with Crippen LogP contribution in [0.1, 0.15) is 24.2 Å². The van der Waals surface area contributed by atoms with E-state index >= 15 is 0 Å². The second-order valence-corrected chi connectivity index (χ2v) is 8.98. The molecule has 3 aromatic rings. The molecule has 0 spiro atoms. The first-order valence-electron chi connectivity index (χ1n) is 9.40. The van der Waals surface area contributed by atoms with Gasteiger partial charge in [0.05, 0.1) is 23.6 Å². The zero-order valence-electron chi connectivity index (χ0n) is 16.2. The minimum atomic E-state index is -3.71. The molecule has 1 atom stereocenters. The van der Waals surface area contributed by atoms with Crippen LogP contribution in [0.15, 0.2) is 46.3 Å². The van der Waals surface area contributed by atoms with Crippen LogP contribution in [0.2, 0.25) is 0 Å². The average Bonchev–Trinajstić information content (AvgIpc) is 3.31. The largest absolute Gasteiger partial charge is 0.281 e. The molecule has 1 fully saturated rings. The highest BCUT2D eigenvalue weighted by molar-refractivity contribution is 7.89. The van der Waals surface area contributed by atoms with Gasteiger partial charge >= 0.3 is 0 Å². The second-order valence-electron chi connectivity index (χ2n) is 7.15. The van der Waals surface area contributed by atoms with Crippen molar-refractivity contribution in [3.63, 3.8) is 0 Å². The molecule has 29 heavy (non-hydrogen) atoms. The minimum Gasteiger partial charge on any atom is -0.281 e. The van der Waals surface area contributed by atoms with Gasteiger partial charge in [-0.3, -0.25) is 14.9 Å². The summed E-state index contributed by atoms with van der Waals surface area (Å²) in [6.07, 6.45) is 4.72. The number of aromatic nitrogens is 5. The molecule has 1 aliphatic rings. The lowest BCUT2D eigenvalue weighted by molar-refractivity contribution is 0.335. The molecule has 3 aromatic heterocycles. The highest BCUT2D eigenvalue weighted by atomic mass is 32.2. The van der Waals surface area contributed by atoms with Gasteiger partial charge in [-0.25, -0.2) is 13.1 Å². The third kappa shape index (κ3) is 3.60. The van der Waals surface area contributed by atoms with Crippen LogP contribution in [0.4, 0.5) is 0 Å². The first-order chi connectivity index (χ1) is 13.9. The number of sulfonamides is 1. The van der Waals surface area contributed by atoms with Gasteiger partial charge in [0.15, 0.2) is 0 Å². The molecule has 1 saturated heterocycles. The lowest BCUT2D eigenvalue weighted by atomic mass is 10.2. The summed E-state index contributed by atoms with van der Waals surface area (Å²) < 4.78 is 29.4. The van der Waals surface area contributed by atoms with Gasteiger partial charge in [-0.05, 0) is 44.9 Å². The standard InChI is InChI=1S/C19H22N6O3S/c1-13-19(14(2)22-21-13)29(27,28)25-11-3-4-16(25)12-24-18(26)6-5-17(23-24)15-7-9-20-10-8-15/h5-10,16H,3-4,11-12H2,1-2H3,(H,21,22). The number of pyridine rings is 1. The Morgan fingerprint density at radius 2 is 1.93 bits per heavy atom. The number of aromatic amines is 1. The van der Waals surface area contributed by atoms with Crippen molar-refractivity contribution in [3.05, 3.63) is 58.4 Å². The molecular formula is C19H22N6O3S. The molecule has 1 unspecified atom stereocenters. The van der Waals surface area contributed by atoms with E-state index < -0.39 is 10.0 Å². The number of hydrogen-bond acceptors (Lipinski definition) is 6. The van der Waals surface area contributed by atoms with Gasteiger partial charge in [-0.1, -0.05) is 0 Å². The van der Waals surface area contributed by atoms with Crippen molar-refractivity contribution in [1.29, 1.82) is 0 Å². The molecule has 0 bridgehead atoms. The molecular weight excluding hydrogens is 392 g/mol. The number of aryl methyl sites for hydroxylation is 2. The molecule has 4 rings (SSSR count). The van der Waals surface area contributed by atoms with E-state index in [4.69, 9.17) is 0 Å². The molecule has 0 radical (unpaired) electrons. The van der Waals surface area contributed by atoms with Crippen molar-refractivity contribution in [2.75, 3.05) is 6.54 Å². The van der Waals surface area contributed by atoms with Gasteiger partial charge < -0.3 is 0 Å². The Balaban J connectivity index is 1.65. The van der Waals surface area contributed by atoms with Crippen molar-refractivity contribution < 1.29 is 8.42 Å². The summed E-state index contributed by atoms with van der Waals surface area (Å²) in [6, 6.07) is 6.41. The van der Waals surface area contributed by atoms with Crippen LogP contribution in [0, 0.1) is 13.8 Å². The molecule has 152 valence electrons. The van der Waals surface area contributed by atoms with Crippen LogP contribution in [-0.4, -0.2) is 50.3 Å². The summed E-state index contributed by atoms with van der Waals surface area (Å²) >= 11 is 0. The predicted octanol–water partition coefficient (Wildman–Crippen LogP) is 1.50. The Morgan fingerprint density at radius 1 is 1.17 bits per heavy atom. The first-order valence-corrected chi connectivity index (χ1v) is 10.8. The van der Waals surface area contributed by atoms with Gasteiger partial charge in [0, 0.05) is 36.6 Å². The van der Waals surface area contributed by atoms with Crippen molar-refractivity contribution >= 4 is 10.0 Å². The van der Waals surface area contributed by atoms with Gasteiger partial charge in [0.2, 0.25) is 10.0 Å². The van der Waals surface area contributed by atoms with Gasteiger partial charge in [-0.15, -0.1) is 0 Å². The van der Waals surface area contributed by atoms with E-state index in [1.807, 2.05) is 12.1 Å². The minimum absolute atomic E-state index is 0.201. The van der Waals surface area contributed by atoms with Crippen LogP contribution in [0.3, 0.4) is 0 Å². The van der Waals surface area contributed by atoms with Crippen molar-refractivity contribution in [3.8, 4) is 11.3 Å². The molecule has 0 amide bonds. The zero-order chi connectivity index (χ0) is 20.6. The van der Waals surface area contributed by atoms with E-state index in [-0.39, 0.29) is 23.0 Å². The van der Waals surface area contributed by atoms with Gasteiger partial charge in [0.1, 0.15) is 4.90 Å². The number of rotatable bonds is 5. The summed E-state index contributed by atoms with van der Waals surface area (Å²) in [5.74, 6) is 0. The molecule has 0 saturated carbocycles. The lowest BCUT2D eigenvalue weighted by Gasteiger charge is -2.24. The highest BCUT2D eigenvalue weighted by Crippen LogP contribution is 2.29. The maximum Gasteiger partial charge on any atom is 0.266 e. The lowest BCUT2D eigenvalue weighted by Crippen LogP contribution is -2.40. The van der Waals surface area contributed by atoms with Crippen molar-refractivity contribution in [2.24, 2.45) is 0 Å². The van der Waals surface area contributed by atoms with Crippen molar-refractivity contribution in [1.82, 2.24) is 29.3 Å². The Kier molecular flexibility index (Phi) is 5.05. The fourth-order valence-electron chi connectivity index (χ4n) is 3.80. The maximum absolute atomic E-state index is 13.3. The Labute approximate surface area is 168 Å². The molecule has 0 aliphatic carbocycles. The molecule has 1 N–H and O–H groups in total. The van der Waals surface area contributed by atoms with E-state index in [9.17, 15) is 13.2 Å².